The number of aliphatic hydroxyl groups is 1. The lowest BCUT2D eigenvalue weighted by molar-refractivity contribution is -0.147. The van der Waals surface area contributed by atoms with Gasteiger partial charge in [0, 0.05) is 39.3 Å². The van der Waals surface area contributed by atoms with Crippen molar-refractivity contribution in [1.82, 2.24) is 19.6 Å². The molecule has 0 saturated carbocycles. The molecule has 2 heterocycles. The molecule has 5 rings (SSSR count). The molecule has 0 radical (unpaired) electrons. The van der Waals surface area contributed by atoms with Gasteiger partial charge in [-0.1, -0.05) is 91.0 Å². The minimum Gasteiger partial charge on any atom is -0.465 e. The Morgan fingerprint density at radius 2 is 1.33 bits per heavy atom. The number of imide groups is 1. The average Bonchev–Trinajstić information content (AvgIpc) is 3.21. The second-order valence-corrected chi connectivity index (χ2v) is 10.7. The van der Waals surface area contributed by atoms with Crippen LogP contribution >= 0.6 is 0 Å². The third-order valence-corrected chi connectivity index (χ3v) is 7.97. The number of urea groups is 1. The molecule has 0 spiro atoms. The maximum atomic E-state index is 14.3. The van der Waals surface area contributed by atoms with Crippen molar-refractivity contribution >= 4 is 17.9 Å². The Hall–Kier alpha value is -4.05. The Morgan fingerprint density at radius 3 is 1.88 bits per heavy atom. The van der Waals surface area contributed by atoms with Gasteiger partial charge in [-0.25, -0.2) is 4.79 Å². The molecule has 1 atom stereocenters. The van der Waals surface area contributed by atoms with Crippen LogP contribution < -0.4 is 0 Å². The number of carbonyl (C=O) groups is 3. The minimum absolute atomic E-state index is 0.0854. The molecule has 0 aromatic heterocycles. The van der Waals surface area contributed by atoms with E-state index in [9.17, 15) is 19.5 Å². The zero-order chi connectivity index (χ0) is 29.5. The Kier molecular flexibility index (Phi) is 9.31. The monoisotopic (exact) mass is 570 g/mol. The molecule has 0 bridgehead atoms. The summed E-state index contributed by atoms with van der Waals surface area (Å²) in [7, 11) is 0. The van der Waals surface area contributed by atoms with Crippen LogP contribution in [0.25, 0.3) is 0 Å². The van der Waals surface area contributed by atoms with Crippen LogP contribution in [-0.4, -0.2) is 101 Å². The summed E-state index contributed by atoms with van der Waals surface area (Å²) >= 11 is 0. The topological polar surface area (TPSA) is 93.6 Å². The highest BCUT2D eigenvalue weighted by Crippen LogP contribution is 2.43. The summed E-state index contributed by atoms with van der Waals surface area (Å²) < 4.78 is 5.08. The molecule has 3 aromatic carbocycles. The molecule has 0 aliphatic carbocycles. The normalized spacial score (nSPS) is 18.3. The van der Waals surface area contributed by atoms with E-state index in [1.165, 1.54) is 10.5 Å². The molecule has 1 N–H and O–H groups in total. The highest BCUT2D eigenvalue weighted by molar-refractivity contribution is 6.11. The number of amides is 3. The predicted molar refractivity (Wildman–Crippen MR) is 158 cm³/mol. The number of aliphatic hydroxyl groups excluding tert-OH is 1. The fourth-order valence-corrected chi connectivity index (χ4v) is 6.00. The van der Waals surface area contributed by atoms with Gasteiger partial charge in [-0.3, -0.25) is 29.2 Å². The SMILES string of the molecule is CCOC(=O)CN1C(=O)N(CC(O)CN2CCN(Cc3ccccc3)CC2)C(c2ccccc2)(c2ccccc2)C1=O. The van der Waals surface area contributed by atoms with Crippen LogP contribution in [0.2, 0.25) is 0 Å². The number of hydrogen-bond donors (Lipinski definition) is 1. The summed E-state index contributed by atoms with van der Waals surface area (Å²) in [5, 5.41) is 11.4. The fourth-order valence-electron chi connectivity index (χ4n) is 6.00. The van der Waals surface area contributed by atoms with E-state index in [1.54, 1.807) is 31.2 Å². The Balaban J connectivity index is 1.37. The molecule has 220 valence electrons. The lowest BCUT2D eigenvalue weighted by atomic mass is 9.81. The largest absolute Gasteiger partial charge is 0.465 e. The summed E-state index contributed by atoms with van der Waals surface area (Å²) in [6, 6.07) is 27.9. The number of piperazine rings is 1. The van der Waals surface area contributed by atoms with E-state index in [4.69, 9.17) is 4.74 Å². The molecule has 3 aromatic rings. The number of ether oxygens (including phenoxy) is 1. The summed E-state index contributed by atoms with van der Waals surface area (Å²) in [6.07, 6.45) is -0.920. The van der Waals surface area contributed by atoms with Crippen molar-refractivity contribution in [1.29, 1.82) is 0 Å². The molecular weight excluding hydrogens is 532 g/mol. The molecule has 9 heteroatoms. The van der Waals surface area contributed by atoms with Gasteiger partial charge in [0.15, 0.2) is 5.54 Å². The summed E-state index contributed by atoms with van der Waals surface area (Å²) in [5.41, 5.74) is 0.903. The van der Waals surface area contributed by atoms with Crippen molar-refractivity contribution in [3.8, 4) is 0 Å². The summed E-state index contributed by atoms with van der Waals surface area (Å²) in [4.78, 5) is 47.7. The smallest absolute Gasteiger partial charge is 0.328 e. The van der Waals surface area contributed by atoms with Crippen molar-refractivity contribution in [2.75, 3.05) is 52.4 Å². The number of nitrogens with zero attached hydrogens (tertiary/aromatic N) is 4. The highest BCUT2D eigenvalue weighted by Gasteiger charge is 2.60. The lowest BCUT2D eigenvalue weighted by Gasteiger charge is -2.39. The van der Waals surface area contributed by atoms with Crippen LogP contribution in [0.3, 0.4) is 0 Å². The number of hydrogen-bond acceptors (Lipinski definition) is 7. The van der Waals surface area contributed by atoms with Crippen molar-refractivity contribution < 1.29 is 24.2 Å². The van der Waals surface area contributed by atoms with Crippen LogP contribution in [-0.2, 0) is 26.4 Å². The number of benzene rings is 3. The van der Waals surface area contributed by atoms with Crippen LogP contribution in [0.4, 0.5) is 4.79 Å². The van der Waals surface area contributed by atoms with E-state index in [-0.39, 0.29) is 13.2 Å². The summed E-state index contributed by atoms with van der Waals surface area (Å²) in [6.45, 7) is 5.78. The quantitative estimate of drug-likeness (QED) is 0.280. The van der Waals surface area contributed by atoms with Crippen molar-refractivity contribution in [3.63, 3.8) is 0 Å². The fraction of sp³-hybridized carbons (Fsp3) is 0.364. The Labute approximate surface area is 246 Å². The summed E-state index contributed by atoms with van der Waals surface area (Å²) in [5.74, 6) is -1.20. The molecule has 1 unspecified atom stereocenters. The van der Waals surface area contributed by atoms with Gasteiger partial charge in [-0.15, -0.1) is 0 Å². The van der Waals surface area contributed by atoms with Gasteiger partial charge < -0.3 is 9.84 Å². The van der Waals surface area contributed by atoms with Gasteiger partial charge in [-0.2, -0.15) is 0 Å². The number of esters is 1. The third-order valence-electron chi connectivity index (χ3n) is 7.97. The minimum atomic E-state index is -1.54. The first kappa shape index (κ1) is 29.4. The maximum absolute atomic E-state index is 14.3. The van der Waals surface area contributed by atoms with Crippen LogP contribution in [0.5, 0.6) is 0 Å². The molecule has 2 fully saturated rings. The van der Waals surface area contributed by atoms with Crippen molar-refractivity contribution in [2.24, 2.45) is 0 Å². The first-order valence-electron chi connectivity index (χ1n) is 14.5. The Bertz CT molecular complexity index is 1310. The first-order valence-corrected chi connectivity index (χ1v) is 14.5. The van der Waals surface area contributed by atoms with Crippen LogP contribution in [0, 0.1) is 0 Å². The number of β-amino-alcohol motifs (C(OH)–C–C–N with tert-alkyl or cyclic N) is 1. The third kappa shape index (κ3) is 6.09. The zero-order valence-corrected chi connectivity index (χ0v) is 24.0. The van der Waals surface area contributed by atoms with E-state index in [2.05, 4.69) is 21.9 Å². The van der Waals surface area contributed by atoms with Gasteiger partial charge >= 0.3 is 12.0 Å². The molecule has 9 nitrogen and oxygen atoms in total. The number of carbonyl (C=O) groups excluding carboxylic acids is 3. The van der Waals surface area contributed by atoms with Gasteiger partial charge in [0.05, 0.1) is 19.3 Å². The van der Waals surface area contributed by atoms with Crippen molar-refractivity contribution in [2.45, 2.75) is 25.1 Å². The Morgan fingerprint density at radius 1 is 0.810 bits per heavy atom. The van der Waals surface area contributed by atoms with E-state index < -0.39 is 36.1 Å². The molecule has 2 saturated heterocycles. The molecule has 42 heavy (non-hydrogen) atoms. The predicted octanol–water partition coefficient (Wildman–Crippen LogP) is 2.94. The second-order valence-electron chi connectivity index (χ2n) is 10.7. The standard InChI is InChI=1S/C33H38N4O5/c1-2-42-30(39)25-36-31(40)33(27-14-8-4-9-15-27,28-16-10-5-11-17-28)37(32(36)41)24-29(38)23-35-20-18-34(19-21-35)22-26-12-6-3-7-13-26/h3-17,29,38H,2,18-25H2,1H3. The van der Waals surface area contributed by atoms with E-state index in [0.717, 1.165) is 37.6 Å². The maximum Gasteiger partial charge on any atom is 0.328 e. The molecule has 3 amide bonds. The molecular formula is C33H38N4O5. The molecule has 2 aliphatic rings. The first-order chi connectivity index (χ1) is 20.4. The highest BCUT2D eigenvalue weighted by atomic mass is 16.5. The molecule has 2 aliphatic heterocycles. The van der Waals surface area contributed by atoms with Crippen LogP contribution in [0.15, 0.2) is 91.0 Å². The van der Waals surface area contributed by atoms with Crippen molar-refractivity contribution in [3.05, 3.63) is 108 Å². The van der Waals surface area contributed by atoms with Gasteiger partial charge in [0.2, 0.25) is 0 Å². The second kappa shape index (κ2) is 13.3. The zero-order valence-electron chi connectivity index (χ0n) is 24.0. The lowest BCUT2D eigenvalue weighted by Crippen LogP contribution is -2.53. The van der Waals surface area contributed by atoms with Gasteiger partial charge in [0.25, 0.3) is 5.91 Å². The van der Waals surface area contributed by atoms with E-state index >= 15 is 0 Å². The van der Waals surface area contributed by atoms with Gasteiger partial charge in [-0.05, 0) is 23.6 Å². The van der Waals surface area contributed by atoms with E-state index in [1.807, 2.05) is 54.6 Å². The van der Waals surface area contributed by atoms with E-state index in [0.29, 0.717) is 17.7 Å². The number of rotatable bonds is 11. The van der Waals surface area contributed by atoms with Gasteiger partial charge in [0.1, 0.15) is 6.54 Å². The van der Waals surface area contributed by atoms with Crippen LogP contribution in [0.1, 0.15) is 23.6 Å². The average molecular weight is 571 g/mol.